The van der Waals surface area contributed by atoms with Gasteiger partial charge in [-0.15, -0.1) is 0 Å². The van der Waals surface area contributed by atoms with Gasteiger partial charge in [0, 0.05) is 20.3 Å². The summed E-state index contributed by atoms with van der Waals surface area (Å²) in [5.74, 6) is -1.08. The molecule has 0 amide bonds. The second-order valence-corrected chi connectivity index (χ2v) is 4.93. The zero-order valence-electron chi connectivity index (χ0n) is 10.1. The van der Waals surface area contributed by atoms with Crippen molar-refractivity contribution in [1.82, 2.24) is 0 Å². The molecule has 0 aliphatic heterocycles. The van der Waals surface area contributed by atoms with Crippen LogP contribution in [0.15, 0.2) is 0 Å². The second kappa shape index (κ2) is 4.78. The molecule has 0 radical (unpaired) electrons. The van der Waals surface area contributed by atoms with Gasteiger partial charge >= 0.3 is 5.97 Å². The lowest BCUT2D eigenvalue weighted by atomic mass is 9.98. The molecule has 0 aliphatic carbocycles. The molecule has 84 valence electrons. The van der Waals surface area contributed by atoms with E-state index in [2.05, 4.69) is 20.8 Å². The largest absolute Gasteiger partial charge is 0.434 e. The SMILES string of the molecule is CCC(C)(OCC(C)(C)C)OC(C)=O. The van der Waals surface area contributed by atoms with Gasteiger partial charge < -0.3 is 9.47 Å². The van der Waals surface area contributed by atoms with Crippen LogP contribution in [0.1, 0.15) is 48.0 Å². The third-order valence-corrected chi connectivity index (χ3v) is 1.81. The smallest absolute Gasteiger partial charge is 0.305 e. The van der Waals surface area contributed by atoms with Crippen molar-refractivity contribution in [2.75, 3.05) is 6.61 Å². The van der Waals surface area contributed by atoms with Crippen LogP contribution in [0.25, 0.3) is 0 Å². The Morgan fingerprint density at radius 2 is 1.71 bits per heavy atom. The van der Waals surface area contributed by atoms with Gasteiger partial charge in [-0.05, 0) is 5.41 Å². The van der Waals surface area contributed by atoms with Crippen LogP contribution in [-0.4, -0.2) is 18.4 Å². The van der Waals surface area contributed by atoms with Gasteiger partial charge in [0.15, 0.2) is 0 Å². The molecule has 0 aromatic rings. The maximum atomic E-state index is 10.8. The summed E-state index contributed by atoms with van der Waals surface area (Å²) >= 11 is 0. The summed E-state index contributed by atoms with van der Waals surface area (Å²) in [4.78, 5) is 10.8. The first kappa shape index (κ1) is 13.4. The van der Waals surface area contributed by atoms with Crippen LogP contribution in [0.2, 0.25) is 0 Å². The molecule has 0 bridgehead atoms. The molecule has 0 spiro atoms. The third-order valence-electron chi connectivity index (χ3n) is 1.81. The fraction of sp³-hybridized carbons (Fsp3) is 0.909. The van der Waals surface area contributed by atoms with Crippen LogP contribution in [0, 0.1) is 5.41 Å². The Hall–Kier alpha value is -0.570. The van der Waals surface area contributed by atoms with Crippen molar-refractivity contribution in [1.29, 1.82) is 0 Å². The number of carbonyl (C=O) groups excluding carboxylic acids is 1. The zero-order valence-corrected chi connectivity index (χ0v) is 10.1. The summed E-state index contributed by atoms with van der Waals surface area (Å²) in [6.07, 6.45) is 0.655. The molecule has 0 saturated carbocycles. The topological polar surface area (TPSA) is 35.5 Å². The minimum Gasteiger partial charge on any atom is -0.434 e. The summed E-state index contributed by atoms with van der Waals surface area (Å²) in [6, 6.07) is 0. The van der Waals surface area contributed by atoms with E-state index in [0.717, 1.165) is 0 Å². The highest BCUT2D eigenvalue weighted by atomic mass is 16.7. The first-order valence-electron chi connectivity index (χ1n) is 5.02. The summed E-state index contributed by atoms with van der Waals surface area (Å²) in [6.45, 7) is 11.9. The molecule has 0 rings (SSSR count). The van der Waals surface area contributed by atoms with Gasteiger partial charge in [-0.1, -0.05) is 27.7 Å². The van der Waals surface area contributed by atoms with Crippen molar-refractivity contribution in [2.45, 2.75) is 53.8 Å². The van der Waals surface area contributed by atoms with E-state index < -0.39 is 5.79 Å². The number of carbonyl (C=O) groups is 1. The molecule has 0 aromatic heterocycles. The van der Waals surface area contributed by atoms with Crippen molar-refractivity contribution in [3.63, 3.8) is 0 Å². The molecule has 0 fully saturated rings. The van der Waals surface area contributed by atoms with Crippen molar-refractivity contribution < 1.29 is 14.3 Å². The van der Waals surface area contributed by atoms with E-state index in [1.165, 1.54) is 6.92 Å². The molecule has 14 heavy (non-hydrogen) atoms. The highest BCUT2D eigenvalue weighted by Crippen LogP contribution is 2.22. The minimum atomic E-state index is -0.779. The molecule has 0 aromatic carbocycles. The minimum absolute atomic E-state index is 0.0799. The average molecular weight is 202 g/mol. The van der Waals surface area contributed by atoms with Gasteiger partial charge in [-0.3, -0.25) is 4.79 Å². The number of esters is 1. The van der Waals surface area contributed by atoms with E-state index in [9.17, 15) is 4.79 Å². The van der Waals surface area contributed by atoms with Gasteiger partial charge in [0.25, 0.3) is 0 Å². The van der Waals surface area contributed by atoms with Gasteiger partial charge in [-0.25, -0.2) is 0 Å². The maximum Gasteiger partial charge on any atom is 0.305 e. The van der Waals surface area contributed by atoms with Crippen molar-refractivity contribution in [3.8, 4) is 0 Å². The second-order valence-electron chi connectivity index (χ2n) is 4.93. The molecule has 0 aliphatic rings. The lowest BCUT2D eigenvalue weighted by Crippen LogP contribution is -2.36. The number of hydrogen-bond donors (Lipinski definition) is 0. The molecule has 0 heterocycles. The Labute approximate surface area is 86.8 Å². The van der Waals surface area contributed by atoms with Crippen LogP contribution in [-0.2, 0) is 14.3 Å². The summed E-state index contributed by atoms with van der Waals surface area (Å²) < 4.78 is 10.7. The summed E-state index contributed by atoms with van der Waals surface area (Å²) in [7, 11) is 0. The van der Waals surface area contributed by atoms with Crippen molar-refractivity contribution in [2.24, 2.45) is 5.41 Å². The predicted octanol–water partition coefficient (Wildman–Crippen LogP) is 2.74. The Balaban J connectivity index is 4.19. The third kappa shape index (κ3) is 5.97. The molecule has 1 atom stereocenters. The van der Waals surface area contributed by atoms with Gasteiger partial charge in [-0.2, -0.15) is 0 Å². The van der Waals surface area contributed by atoms with E-state index in [0.29, 0.717) is 13.0 Å². The van der Waals surface area contributed by atoms with E-state index in [-0.39, 0.29) is 11.4 Å². The standard InChI is InChI=1S/C11H22O3/c1-7-11(6,14-9(2)12)13-8-10(3,4)5/h7-8H2,1-6H3. The van der Waals surface area contributed by atoms with Gasteiger partial charge in [0.2, 0.25) is 5.79 Å². The predicted molar refractivity (Wildman–Crippen MR) is 55.9 cm³/mol. The first-order chi connectivity index (χ1) is 6.18. The highest BCUT2D eigenvalue weighted by molar-refractivity contribution is 5.66. The number of rotatable bonds is 4. The zero-order chi connectivity index (χ0) is 11.4. The Kier molecular flexibility index (Phi) is 4.59. The van der Waals surface area contributed by atoms with Crippen LogP contribution >= 0.6 is 0 Å². The van der Waals surface area contributed by atoms with Gasteiger partial charge in [0.1, 0.15) is 0 Å². The molecular formula is C11H22O3. The van der Waals surface area contributed by atoms with Crippen molar-refractivity contribution in [3.05, 3.63) is 0 Å². The van der Waals surface area contributed by atoms with Crippen LogP contribution in [0.3, 0.4) is 0 Å². The quantitative estimate of drug-likeness (QED) is 0.519. The van der Waals surface area contributed by atoms with E-state index in [1.807, 2.05) is 6.92 Å². The monoisotopic (exact) mass is 202 g/mol. The molecule has 1 unspecified atom stereocenters. The Morgan fingerprint density at radius 3 is 2.00 bits per heavy atom. The van der Waals surface area contributed by atoms with E-state index in [1.54, 1.807) is 6.92 Å². The van der Waals surface area contributed by atoms with E-state index >= 15 is 0 Å². The normalized spacial score (nSPS) is 16.1. The molecular weight excluding hydrogens is 180 g/mol. The molecule has 3 nitrogen and oxygen atoms in total. The molecule has 0 N–H and O–H groups in total. The fourth-order valence-corrected chi connectivity index (χ4v) is 0.877. The maximum absolute atomic E-state index is 10.8. The Bertz CT molecular complexity index is 193. The number of ether oxygens (including phenoxy) is 2. The average Bonchev–Trinajstić information content (AvgIpc) is 1.99. The van der Waals surface area contributed by atoms with Crippen molar-refractivity contribution >= 4 is 5.97 Å². The first-order valence-corrected chi connectivity index (χ1v) is 5.02. The fourth-order valence-electron chi connectivity index (χ4n) is 0.877. The summed E-state index contributed by atoms with van der Waals surface area (Å²) in [5, 5.41) is 0. The summed E-state index contributed by atoms with van der Waals surface area (Å²) in [5.41, 5.74) is 0.0799. The van der Waals surface area contributed by atoms with Crippen LogP contribution in [0.4, 0.5) is 0 Å². The lowest BCUT2D eigenvalue weighted by molar-refractivity contribution is -0.231. The molecule has 0 saturated heterocycles. The number of hydrogen-bond acceptors (Lipinski definition) is 3. The van der Waals surface area contributed by atoms with E-state index in [4.69, 9.17) is 9.47 Å². The van der Waals surface area contributed by atoms with Gasteiger partial charge in [0.05, 0.1) is 6.61 Å². The Morgan fingerprint density at radius 1 is 1.21 bits per heavy atom. The lowest BCUT2D eigenvalue weighted by Gasteiger charge is -2.31. The van der Waals surface area contributed by atoms with Crippen LogP contribution < -0.4 is 0 Å². The molecule has 3 heteroatoms. The van der Waals surface area contributed by atoms with Crippen LogP contribution in [0.5, 0.6) is 0 Å². The highest BCUT2D eigenvalue weighted by Gasteiger charge is 2.28.